The van der Waals surface area contributed by atoms with Gasteiger partial charge in [-0.3, -0.25) is 4.79 Å². The molecule has 0 saturated heterocycles. The molecule has 1 rings (SSSR count). The predicted octanol–water partition coefficient (Wildman–Crippen LogP) is 0.0753. The molecule has 0 amide bonds. The summed E-state index contributed by atoms with van der Waals surface area (Å²) in [7, 11) is -3.83. The van der Waals surface area contributed by atoms with Gasteiger partial charge in [-0.2, -0.15) is 4.72 Å². The Labute approximate surface area is 106 Å². The number of aliphatic carboxylic acids is 1. The maximum Gasteiger partial charge on any atom is 0.321 e. The molecule has 0 radical (unpaired) electrons. The number of carboxylic acid groups (broad SMARTS) is 1. The lowest BCUT2D eigenvalue weighted by Crippen LogP contribution is -2.41. The topological polar surface area (TPSA) is 109 Å². The lowest BCUT2D eigenvalue weighted by atomic mass is 10.2. The Balaban J connectivity index is 2.93. The van der Waals surface area contributed by atoms with Crippen LogP contribution in [-0.4, -0.2) is 32.1 Å². The molecule has 0 aliphatic heterocycles. The van der Waals surface area contributed by atoms with E-state index in [1.165, 1.54) is 12.1 Å². The highest BCUT2D eigenvalue weighted by Crippen LogP contribution is 2.11. The van der Waals surface area contributed by atoms with Gasteiger partial charge in [-0.1, -0.05) is 17.7 Å². The van der Waals surface area contributed by atoms with Gasteiger partial charge in [0.05, 0.1) is 4.90 Å². The summed E-state index contributed by atoms with van der Waals surface area (Å²) in [5.74, 6) is -1.24. The van der Waals surface area contributed by atoms with Crippen molar-refractivity contribution in [3.63, 3.8) is 0 Å². The van der Waals surface area contributed by atoms with Crippen molar-refractivity contribution < 1.29 is 18.3 Å². The zero-order chi connectivity index (χ0) is 13.8. The van der Waals surface area contributed by atoms with Crippen LogP contribution in [0.3, 0.4) is 0 Å². The van der Waals surface area contributed by atoms with Crippen molar-refractivity contribution in [1.82, 2.24) is 4.72 Å². The summed E-state index contributed by atoms with van der Waals surface area (Å²) in [6.07, 6.45) is 0.0421. The van der Waals surface area contributed by atoms with E-state index in [0.29, 0.717) is 0 Å². The van der Waals surface area contributed by atoms with E-state index in [-0.39, 0.29) is 17.9 Å². The molecule has 1 aromatic carbocycles. The monoisotopic (exact) mass is 272 g/mol. The minimum absolute atomic E-state index is 0.0383. The minimum Gasteiger partial charge on any atom is -0.480 e. The smallest absolute Gasteiger partial charge is 0.321 e. The lowest BCUT2D eigenvalue weighted by molar-refractivity contribution is -0.139. The first-order valence-corrected chi connectivity index (χ1v) is 6.87. The molecule has 0 fully saturated rings. The summed E-state index contributed by atoms with van der Waals surface area (Å²) in [4.78, 5) is 10.9. The van der Waals surface area contributed by atoms with Gasteiger partial charge in [0.25, 0.3) is 0 Å². The molecule has 4 N–H and O–H groups in total. The summed E-state index contributed by atoms with van der Waals surface area (Å²) >= 11 is 0. The van der Waals surface area contributed by atoms with E-state index in [9.17, 15) is 13.2 Å². The number of aryl methyl sites for hydroxylation is 1. The van der Waals surface area contributed by atoms with E-state index in [4.69, 9.17) is 10.8 Å². The lowest BCUT2D eigenvalue weighted by Gasteiger charge is -2.13. The zero-order valence-corrected chi connectivity index (χ0v) is 10.8. The van der Waals surface area contributed by atoms with Crippen molar-refractivity contribution in [2.24, 2.45) is 5.73 Å². The number of hydrogen-bond acceptors (Lipinski definition) is 4. The predicted molar refractivity (Wildman–Crippen MR) is 66.6 cm³/mol. The van der Waals surface area contributed by atoms with Crippen molar-refractivity contribution in [3.8, 4) is 0 Å². The average Bonchev–Trinajstić information content (AvgIpc) is 2.28. The first-order valence-electron chi connectivity index (χ1n) is 5.38. The van der Waals surface area contributed by atoms with Crippen molar-refractivity contribution in [1.29, 1.82) is 0 Å². The quantitative estimate of drug-likeness (QED) is 0.679. The molecule has 6 nitrogen and oxygen atoms in total. The van der Waals surface area contributed by atoms with Crippen molar-refractivity contribution in [3.05, 3.63) is 29.8 Å². The van der Waals surface area contributed by atoms with Gasteiger partial charge in [0, 0.05) is 0 Å². The Bertz CT molecular complexity index is 510. The van der Waals surface area contributed by atoms with Crippen molar-refractivity contribution in [2.45, 2.75) is 24.3 Å². The number of rotatable bonds is 6. The number of sulfonamides is 1. The maximum absolute atomic E-state index is 11.9. The van der Waals surface area contributed by atoms with E-state index < -0.39 is 22.0 Å². The van der Waals surface area contributed by atoms with Crippen LogP contribution in [0.25, 0.3) is 0 Å². The third-order valence-corrected chi connectivity index (χ3v) is 3.87. The van der Waals surface area contributed by atoms with Crippen LogP contribution in [0.5, 0.6) is 0 Å². The number of hydrogen-bond donors (Lipinski definition) is 3. The molecular weight excluding hydrogens is 256 g/mol. The molecule has 7 heteroatoms. The zero-order valence-electron chi connectivity index (χ0n) is 9.96. The summed E-state index contributed by atoms with van der Waals surface area (Å²) in [6.45, 7) is 1.92. The van der Waals surface area contributed by atoms with E-state index in [1.54, 1.807) is 12.1 Å². The van der Waals surface area contributed by atoms with Crippen molar-refractivity contribution >= 4 is 16.0 Å². The van der Waals surface area contributed by atoms with E-state index >= 15 is 0 Å². The van der Waals surface area contributed by atoms with Gasteiger partial charge >= 0.3 is 5.97 Å². The molecule has 18 heavy (non-hydrogen) atoms. The maximum atomic E-state index is 11.9. The van der Waals surface area contributed by atoms with Crippen LogP contribution in [0.15, 0.2) is 29.2 Å². The van der Waals surface area contributed by atoms with Gasteiger partial charge in [0.15, 0.2) is 0 Å². The fraction of sp³-hybridized carbons (Fsp3) is 0.364. The van der Waals surface area contributed by atoms with E-state index in [1.807, 2.05) is 6.92 Å². The number of carbonyl (C=O) groups is 1. The van der Waals surface area contributed by atoms with Crippen LogP contribution < -0.4 is 10.5 Å². The summed E-state index contributed by atoms with van der Waals surface area (Å²) in [5, 5.41) is 8.88. The number of nitrogens with one attached hydrogen (secondary N) is 1. The molecule has 0 spiro atoms. The molecule has 0 aliphatic rings. The van der Waals surface area contributed by atoms with Crippen LogP contribution >= 0.6 is 0 Å². The third kappa shape index (κ3) is 3.80. The molecule has 0 saturated carbocycles. The minimum atomic E-state index is -3.83. The molecule has 0 aliphatic carbocycles. The van der Waals surface area contributed by atoms with Gasteiger partial charge in [-0.25, -0.2) is 8.42 Å². The van der Waals surface area contributed by atoms with Crippen molar-refractivity contribution in [2.75, 3.05) is 6.54 Å². The molecule has 1 aromatic rings. The first kappa shape index (κ1) is 14.6. The Hall–Kier alpha value is -1.44. The molecule has 0 bridgehead atoms. The summed E-state index contributed by atoms with van der Waals surface area (Å²) in [5.41, 5.74) is 6.17. The molecule has 1 atom stereocenters. The fourth-order valence-corrected chi connectivity index (χ4v) is 2.60. The molecule has 0 unspecified atom stereocenters. The Morgan fingerprint density at radius 1 is 1.39 bits per heavy atom. The van der Waals surface area contributed by atoms with E-state index in [0.717, 1.165) is 5.56 Å². The van der Waals surface area contributed by atoms with Gasteiger partial charge in [-0.05, 0) is 32.0 Å². The highest BCUT2D eigenvalue weighted by Gasteiger charge is 2.24. The Morgan fingerprint density at radius 2 is 1.94 bits per heavy atom. The third-order valence-electron chi connectivity index (χ3n) is 2.38. The molecule has 100 valence electrons. The van der Waals surface area contributed by atoms with E-state index in [2.05, 4.69) is 4.72 Å². The van der Waals surface area contributed by atoms with Gasteiger partial charge in [-0.15, -0.1) is 0 Å². The number of carboxylic acids is 1. The summed E-state index contributed by atoms with van der Waals surface area (Å²) in [6, 6.07) is 4.94. The normalized spacial score (nSPS) is 13.2. The molecular formula is C11H16N2O4S. The average molecular weight is 272 g/mol. The SMILES string of the molecule is Cc1ccc(S(=O)(=O)N[C@@H](CCN)C(=O)O)cc1. The second-order valence-electron chi connectivity index (χ2n) is 3.90. The Kier molecular flexibility index (Phi) is 4.83. The highest BCUT2D eigenvalue weighted by molar-refractivity contribution is 7.89. The fourth-order valence-electron chi connectivity index (χ4n) is 1.37. The first-order chi connectivity index (χ1) is 8.36. The largest absolute Gasteiger partial charge is 0.480 e. The van der Waals surface area contributed by atoms with Crippen LogP contribution in [0.4, 0.5) is 0 Å². The number of benzene rings is 1. The van der Waals surface area contributed by atoms with Gasteiger partial charge in [0.2, 0.25) is 10.0 Å². The Morgan fingerprint density at radius 3 is 2.39 bits per heavy atom. The van der Waals surface area contributed by atoms with Crippen LogP contribution in [0.1, 0.15) is 12.0 Å². The van der Waals surface area contributed by atoms with Crippen LogP contribution in [0, 0.1) is 6.92 Å². The second-order valence-corrected chi connectivity index (χ2v) is 5.62. The van der Waals surface area contributed by atoms with Gasteiger partial charge < -0.3 is 10.8 Å². The molecule has 0 aromatic heterocycles. The highest BCUT2D eigenvalue weighted by atomic mass is 32.2. The summed E-state index contributed by atoms with van der Waals surface area (Å²) < 4.78 is 26.0. The van der Waals surface area contributed by atoms with Gasteiger partial charge in [0.1, 0.15) is 6.04 Å². The van der Waals surface area contributed by atoms with Crippen LogP contribution in [0.2, 0.25) is 0 Å². The molecule has 0 heterocycles. The number of nitrogens with two attached hydrogens (primary N) is 1. The standard InChI is InChI=1S/C11H16N2O4S/c1-8-2-4-9(5-3-8)18(16,17)13-10(6-7-12)11(14)15/h2-5,10,13H,6-7,12H2,1H3,(H,14,15)/t10-/m0/s1. The second kappa shape index (κ2) is 5.94. The van der Waals surface area contributed by atoms with Crippen LogP contribution in [-0.2, 0) is 14.8 Å².